The van der Waals surface area contributed by atoms with Gasteiger partial charge in [0.15, 0.2) is 6.04 Å². The monoisotopic (exact) mass is 519 g/mol. The molecule has 10 nitrogen and oxygen atoms in total. The van der Waals surface area contributed by atoms with Gasteiger partial charge in [-0.25, -0.2) is 4.98 Å². The number of nitrogens with zero attached hydrogens (tertiary/aromatic N) is 5. The van der Waals surface area contributed by atoms with Crippen LogP contribution in [0.25, 0.3) is 5.52 Å². The molecule has 3 amide bonds. The van der Waals surface area contributed by atoms with Gasteiger partial charge in [0.25, 0.3) is 0 Å². The normalized spacial score (nSPS) is 24.1. The van der Waals surface area contributed by atoms with Gasteiger partial charge in [-0.15, -0.1) is 0 Å². The summed E-state index contributed by atoms with van der Waals surface area (Å²) in [6, 6.07) is -1.68. The van der Waals surface area contributed by atoms with Crippen LogP contribution < -0.4 is 10.6 Å². The van der Waals surface area contributed by atoms with E-state index in [1.165, 1.54) is 38.2 Å². The molecule has 2 aromatic rings. The number of nitriles is 1. The number of hydrogen-bond donors (Lipinski definition) is 2. The number of imidazole rings is 1. The molecule has 0 spiro atoms. The van der Waals surface area contributed by atoms with Crippen LogP contribution in [-0.4, -0.2) is 61.8 Å². The van der Waals surface area contributed by atoms with Crippen LogP contribution in [-0.2, 0) is 14.4 Å². The van der Waals surface area contributed by atoms with Crippen LogP contribution >= 0.6 is 0 Å². The molecular weight excluding hydrogens is 491 g/mol. The SMILES string of the molecule is CC(C)(C)[C@H](NC(=O)C(F)(F)F)C(=O)N1C[C@H]2[C@@H]([C@H]1C(=O)NC(C#N)c1ncn3ccncc13)C2(C)C. The second-order valence-electron chi connectivity index (χ2n) is 11.2. The molecule has 37 heavy (non-hydrogen) atoms. The van der Waals surface area contributed by atoms with Crippen molar-refractivity contribution in [3.8, 4) is 6.07 Å². The van der Waals surface area contributed by atoms with Gasteiger partial charge in [-0.1, -0.05) is 34.6 Å². The minimum absolute atomic E-state index is 0.0516. The number of halogens is 3. The standard InChI is InChI=1S/C24H28F3N7O3/c1-22(2,3)18(32-21(37)24(25,26)27)20(36)34-10-12-15(23(12,4)5)17(34)19(35)31-13(8-28)16-14-9-29-6-7-33(14)11-30-16/h6-7,9,11-13,15,17-18H,10H2,1-5H3,(H,31,35)(H,32,37)/t12-,13?,15-,17-,18+/m0/s1. The first-order valence-corrected chi connectivity index (χ1v) is 11.7. The Bertz CT molecular complexity index is 1290. The quantitative estimate of drug-likeness (QED) is 0.621. The lowest BCUT2D eigenvalue weighted by Crippen LogP contribution is -2.60. The number of aromatic nitrogens is 3. The summed E-state index contributed by atoms with van der Waals surface area (Å²) in [7, 11) is 0. The van der Waals surface area contributed by atoms with E-state index in [0.717, 1.165) is 0 Å². The number of carbonyl (C=O) groups is 3. The number of fused-ring (bicyclic) bond motifs is 2. The van der Waals surface area contributed by atoms with Gasteiger partial charge in [-0.2, -0.15) is 18.4 Å². The van der Waals surface area contributed by atoms with Crippen molar-refractivity contribution in [2.75, 3.05) is 6.54 Å². The molecular formula is C24H28F3N7O3. The van der Waals surface area contributed by atoms with Crippen molar-refractivity contribution in [1.82, 2.24) is 29.9 Å². The lowest BCUT2D eigenvalue weighted by molar-refractivity contribution is -0.176. The Hall–Kier alpha value is -3.69. The van der Waals surface area contributed by atoms with Crippen LogP contribution in [0.2, 0.25) is 0 Å². The molecule has 2 fully saturated rings. The molecule has 198 valence electrons. The van der Waals surface area contributed by atoms with Crippen molar-refractivity contribution < 1.29 is 27.6 Å². The van der Waals surface area contributed by atoms with Crippen molar-refractivity contribution in [2.24, 2.45) is 22.7 Å². The van der Waals surface area contributed by atoms with Crippen molar-refractivity contribution in [2.45, 2.75) is 58.9 Å². The highest BCUT2D eigenvalue weighted by molar-refractivity contribution is 5.95. The van der Waals surface area contributed by atoms with Crippen molar-refractivity contribution >= 4 is 23.2 Å². The second kappa shape index (κ2) is 8.71. The molecule has 4 rings (SSSR count). The van der Waals surface area contributed by atoms with Gasteiger partial charge < -0.3 is 19.9 Å². The maximum atomic E-state index is 13.6. The summed E-state index contributed by atoms with van der Waals surface area (Å²) in [5.41, 5.74) is -0.561. The highest BCUT2D eigenvalue weighted by Gasteiger charge is 2.70. The number of alkyl halides is 3. The number of hydrogen-bond acceptors (Lipinski definition) is 6. The Labute approximate surface area is 211 Å². The summed E-state index contributed by atoms with van der Waals surface area (Å²) in [4.78, 5) is 48.4. The summed E-state index contributed by atoms with van der Waals surface area (Å²) >= 11 is 0. The second-order valence-corrected chi connectivity index (χ2v) is 11.2. The number of carbonyl (C=O) groups excluding carboxylic acids is 3. The van der Waals surface area contributed by atoms with Crippen molar-refractivity contribution in [3.05, 3.63) is 30.6 Å². The highest BCUT2D eigenvalue weighted by Crippen LogP contribution is 2.65. The Morgan fingerprint density at radius 2 is 1.89 bits per heavy atom. The molecule has 2 N–H and O–H groups in total. The molecule has 2 aliphatic rings. The fourth-order valence-electron chi connectivity index (χ4n) is 5.31. The highest BCUT2D eigenvalue weighted by atomic mass is 19.4. The molecule has 1 saturated heterocycles. The Balaban J connectivity index is 1.61. The molecule has 2 aromatic heterocycles. The fraction of sp³-hybridized carbons (Fsp3) is 0.583. The van der Waals surface area contributed by atoms with Gasteiger partial charge in [0.2, 0.25) is 11.8 Å². The zero-order valence-corrected chi connectivity index (χ0v) is 21.0. The molecule has 1 aliphatic heterocycles. The zero-order valence-electron chi connectivity index (χ0n) is 21.0. The summed E-state index contributed by atoms with van der Waals surface area (Å²) < 4.78 is 40.6. The van der Waals surface area contributed by atoms with Crippen LogP contribution in [0.4, 0.5) is 13.2 Å². The van der Waals surface area contributed by atoms with E-state index in [2.05, 4.69) is 15.3 Å². The van der Waals surface area contributed by atoms with E-state index < -0.39 is 47.4 Å². The lowest BCUT2D eigenvalue weighted by atomic mass is 9.85. The van der Waals surface area contributed by atoms with Crippen LogP contribution in [0.1, 0.15) is 46.4 Å². The minimum Gasteiger partial charge on any atom is -0.336 e. The number of piperidine rings is 1. The van der Waals surface area contributed by atoms with Gasteiger partial charge >= 0.3 is 12.1 Å². The lowest BCUT2D eigenvalue weighted by Gasteiger charge is -2.37. The summed E-state index contributed by atoms with van der Waals surface area (Å²) in [6.07, 6.45) is 0.989. The van der Waals surface area contributed by atoms with Gasteiger partial charge in [0.1, 0.15) is 17.8 Å². The first kappa shape index (κ1) is 26.4. The molecule has 0 bridgehead atoms. The molecule has 1 saturated carbocycles. The predicted octanol–water partition coefficient (Wildman–Crippen LogP) is 1.99. The van der Waals surface area contributed by atoms with Crippen molar-refractivity contribution in [1.29, 1.82) is 5.26 Å². The Morgan fingerprint density at radius 3 is 2.49 bits per heavy atom. The molecule has 3 heterocycles. The number of nitrogens with one attached hydrogen (secondary N) is 2. The maximum Gasteiger partial charge on any atom is 0.471 e. The number of amides is 3. The van der Waals surface area contributed by atoms with E-state index in [9.17, 15) is 32.8 Å². The molecule has 1 unspecified atom stereocenters. The van der Waals surface area contributed by atoms with Gasteiger partial charge in [0.05, 0.1) is 24.1 Å². The van der Waals surface area contributed by atoms with E-state index in [4.69, 9.17) is 0 Å². The van der Waals surface area contributed by atoms with Gasteiger partial charge in [-0.05, 0) is 22.7 Å². The number of rotatable bonds is 5. The third-order valence-corrected chi connectivity index (χ3v) is 7.47. The van der Waals surface area contributed by atoms with E-state index in [1.807, 2.05) is 25.2 Å². The van der Waals surface area contributed by atoms with Crippen molar-refractivity contribution in [3.63, 3.8) is 0 Å². The minimum atomic E-state index is -5.17. The van der Waals surface area contributed by atoms with Crippen LogP contribution in [0.5, 0.6) is 0 Å². The average molecular weight is 520 g/mol. The van der Waals surface area contributed by atoms with E-state index in [1.54, 1.807) is 16.8 Å². The average Bonchev–Trinajstić information content (AvgIpc) is 3.19. The van der Waals surface area contributed by atoms with Gasteiger partial charge in [-0.3, -0.25) is 19.4 Å². The first-order valence-electron chi connectivity index (χ1n) is 11.7. The third-order valence-electron chi connectivity index (χ3n) is 7.47. The summed E-state index contributed by atoms with van der Waals surface area (Å²) in [5, 5.41) is 14.3. The molecule has 5 atom stereocenters. The molecule has 1 aliphatic carbocycles. The Kier molecular flexibility index (Phi) is 6.21. The van der Waals surface area contributed by atoms with E-state index in [0.29, 0.717) is 5.52 Å². The van der Waals surface area contributed by atoms with Gasteiger partial charge in [0, 0.05) is 18.9 Å². The summed E-state index contributed by atoms with van der Waals surface area (Å²) in [5.74, 6) is -3.92. The maximum absolute atomic E-state index is 13.6. The smallest absolute Gasteiger partial charge is 0.336 e. The summed E-state index contributed by atoms with van der Waals surface area (Å²) in [6.45, 7) is 8.65. The van der Waals surface area contributed by atoms with E-state index >= 15 is 0 Å². The topological polar surface area (TPSA) is 132 Å². The molecule has 0 aromatic carbocycles. The Morgan fingerprint density at radius 1 is 1.22 bits per heavy atom. The fourth-order valence-corrected chi connectivity index (χ4v) is 5.31. The molecule has 13 heteroatoms. The van der Waals surface area contributed by atoms with E-state index in [-0.39, 0.29) is 29.5 Å². The number of likely N-dealkylation sites (tertiary alicyclic amines) is 1. The zero-order chi connectivity index (χ0) is 27.5. The predicted molar refractivity (Wildman–Crippen MR) is 123 cm³/mol. The first-order chi connectivity index (χ1) is 17.1. The van der Waals surface area contributed by atoms with Crippen LogP contribution in [0.15, 0.2) is 24.9 Å². The largest absolute Gasteiger partial charge is 0.471 e. The van der Waals surface area contributed by atoms with Crippen LogP contribution in [0, 0.1) is 34.0 Å². The molecule has 0 radical (unpaired) electrons. The third kappa shape index (κ3) is 4.60. The van der Waals surface area contributed by atoms with Crippen LogP contribution in [0.3, 0.4) is 0 Å².